The molecule has 6 nitrogen and oxygen atoms in total. The summed E-state index contributed by atoms with van der Waals surface area (Å²) in [4.78, 5) is 11.6. The van der Waals surface area contributed by atoms with Crippen molar-refractivity contribution in [2.24, 2.45) is 0 Å². The number of hydrogen-bond donors (Lipinski definition) is 1. The minimum Gasteiger partial charge on any atom is -0.349 e. The second-order valence-corrected chi connectivity index (χ2v) is 4.34. The molecule has 0 saturated heterocycles. The van der Waals surface area contributed by atoms with Crippen LogP contribution in [0.4, 0.5) is 13.2 Å². The number of hydrogen-bond acceptors (Lipinski definition) is 3. The predicted molar refractivity (Wildman–Crippen MR) is 67.0 cm³/mol. The molecule has 0 aliphatic carbocycles. The van der Waals surface area contributed by atoms with E-state index in [-0.39, 0.29) is 13.1 Å². The van der Waals surface area contributed by atoms with Gasteiger partial charge in [-0.3, -0.25) is 14.2 Å². The summed E-state index contributed by atoms with van der Waals surface area (Å²) in [6.07, 6.45) is -1.60. The molecule has 1 amide bonds. The van der Waals surface area contributed by atoms with Crippen LogP contribution in [0.2, 0.25) is 0 Å². The topological polar surface area (TPSA) is 64.7 Å². The van der Waals surface area contributed by atoms with Crippen molar-refractivity contribution < 1.29 is 18.0 Å². The van der Waals surface area contributed by atoms with Crippen molar-refractivity contribution in [2.45, 2.75) is 32.7 Å². The number of aromatic nitrogens is 4. The molecule has 0 saturated carbocycles. The number of aryl methyl sites for hydroxylation is 1. The number of carbonyl (C=O) groups excluding carboxylic acids is 1. The fourth-order valence-electron chi connectivity index (χ4n) is 1.67. The lowest BCUT2D eigenvalue weighted by Gasteiger charge is -2.04. The third-order valence-electron chi connectivity index (χ3n) is 2.72. The van der Waals surface area contributed by atoms with E-state index in [1.807, 2.05) is 6.92 Å². The highest BCUT2D eigenvalue weighted by atomic mass is 19.4. The molecule has 2 heterocycles. The van der Waals surface area contributed by atoms with Gasteiger partial charge < -0.3 is 5.32 Å². The lowest BCUT2D eigenvalue weighted by Crippen LogP contribution is -2.27. The van der Waals surface area contributed by atoms with Crippen LogP contribution in [0.5, 0.6) is 0 Å². The van der Waals surface area contributed by atoms with Crippen LogP contribution >= 0.6 is 0 Å². The summed E-state index contributed by atoms with van der Waals surface area (Å²) in [5.41, 5.74) is -0.335. The Hall–Kier alpha value is -2.32. The van der Waals surface area contributed by atoms with Gasteiger partial charge in [-0.2, -0.15) is 23.4 Å². The number of nitrogens with zero attached hydrogens (tertiary/aromatic N) is 4. The Morgan fingerprint density at radius 3 is 2.52 bits per heavy atom. The molecule has 0 atom stereocenters. The maximum absolute atomic E-state index is 12.4. The first-order valence-corrected chi connectivity index (χ1v) is 6.28. The van der Waals surface area contributed by atoms with Crippen molar-refractivity contribution >= 4 is 5.91 Å². The SMILES string of the molecule is CCn1ccc(CNC(=O)Cn2ccc(C(F)(F)F)n2)n1. The first-order chi connectivity index (χ1) is 9.88. The van der Waals surface area contributed by atoms with Gasteiger partial charge in [0.25, 0.3) is 0 Å². The zero-order valence-corrected chi connectivity index (χ0v) is 11.3. The van der Waals surface area contributed by atoms with Crippen LogP contribution < -0.4 is 5.32 Å². The van der Waals surface area contributed by atoms with E-state index in [2.05, 4.69) is 15.5 Å². The van der Waals surface area contributed by atoms with E-state index in [1.54, 1.807) is 16.9 Å². The highest BCUT2D eigenvalue weighted by molar-refractivity contribution is 5.75. The second-order valence-electron chi connectivity index (χ2n) is 4.34. The average molecular weight is 301 g/mol. The van der Waals surface area contributed by atoms with Crippen LogP contribution in [0.15, 0.2) is 24.5 Å². The van der Waals surface area contributed by atoms with Crippen molar-refractivity contribution in [2.75, 3.05) is 0 Å². The van der Waals surface area contributed by atoms with Gasteiger partial charge in [-0.05, 0) is 19.1 Å². The molecule has 0 unspecified atom stereocenters. The van der Waals surface area contributed by atoms with E-state index in [0.717, 1.165) is 23.5 Å². The third kappa shape index (κ3) is 4.07. The standard InChI is InChI=1S/C12H14F3N5O/c1-2-19-5-3-9(17-19)7-16-11(21)8-20-6-4-10(18-20)12(13,14)15/h3-6H,2,7-8H2,1H3,(H,16,21). The minimum absolute atomic E-state index is 0.221. The van der Waals surface area contributed by atoms with E-state index < -0.39 is 17.8 Å². The van der Waals surface area contributed by atoms with E-state index in [4.69, 9.17) is 0 Å². The molecule has 0 aliphatic rings. The summed E-state index contributed by atoms with van der Waals surface area (Å²) in [5, 5.41) is 10.1. The van der Waals surface area contributed by atoms with Gasteiger partial charge in [-0.1, -0.05) is 0 Å². The van der Waals surface area contributed by atoms with Crippen molar-refractivity contribution in [1.29, 1.82) is 0 Å². The van der Waals surface area contributed by atoms with Crippen molar-refractivity contribution in [3.05, 3.63) is 35.9 Å². The number of amides is 1. The molecular formula is C12H14F3N5O. The molecule has 0 aliphatic heterocycles. The molecule has 0 radical (unpaired) electrons. The lowest BCUT2D eigenvalue weighted by atomic mass is 10.4. The first-order valence-electron chi connectivity index (χ1n) is 6.28. The third-order valence-corrected chi connectivity index (χ3v) is 2.72. The molecular weight excluding hydrogens is 287 g/mol. The van der Waals surface area contributed by atoms with Gasteiger partial charge in [0, 0.05) is 18.9 Å². The molecule has 9 heteroatoms. The smallest absolute Gasteiger partial charge is 0.349 e. The highest BCUT2D eigenvalue weighted by Gasteiger charge is 2.33. The van der Waals surface area contributed by atoms with Crippen LogP contribution in [0.1, 0.15) is 18.3 Å². The van der Waals surface area contributed by atoms with Crippen molar-refractivity contribution in [3.8, 4) is 0 Å². The second kappa shape index (κ2) is 5.98. The van der Waals surface area contributed by atoms with Crippen LogP contribution in [0, 0.1) is 0 Å². The van der Waals surface area contributed by atoms with Gasteiger partial charge in [0.05, 0.1) is 12.2 Å². The number of carbonyl (C=O) groups is 1. The molecule has 0 bridgehead atoms. The Morgan fingerprint density at radius 1 is 1.24 bits per heavy atom. The van der Waals surface area contributed by atoms with Gasteiger partial charge in [-0.25, -0.2) is 0 Å². The first kappa shape index (κ1) is 15.1. The fraction of sp³-hybridized carbons (Fsp3) is 0.417. The molecule has 1 N–H and O–H groups in total. The summed E-state index contributed by atoms with van der Waals surface area (Å²) in [7, 11) is 0. The van der Waals surface area contributed by atoms with Gasteiger partial charge in [0.2, 0.25) is 5.91 Å². The van der Waals surface area contributed by atoms with Gasteiger partial charge in [0.15, 0.2) is 5.69 Å². The van der Waals surface area contributed by atoms with Crippen LogP contribution in [-0.2, 0) is 30.6 Å². The Labute approximate surface area is 118 Å². The zero-order valence-electron chi connectivity index (χ0n) is 11.3. The van der Waals surface area contributed by atoms with Gasteiger partial charge >= 0.3 is 6.18 Å². The molecule has 21 heavy (non-hydrogen) atoms. The van der Waals surface area contributed by atoms with E-state index in [9.17, 15) is 18.0 Å². The average Bonchev–Trinajstić information content (AvgIpc) is 3.04. The maximum Gasteiger partial charge on any atom is 0.435 e. The normalized spacial score (nSPS) is 11.6. The number of rotatable bonds is 5. The molecule has 2 aromatic rings. The molecule has 2 rings (SSSR count). The minimum atomic E-state index is -4.51. The largest absolute Gasteiger partial charge is 0.435 e. The van der Waals surface area contributed by atoms with Crippen LogP contribution in [0.25, 0.3) is 0 Å². The maximum atomic E-state index is 12.4. The quantitative estimate of drug-likeness (QED) is 0.908. The summed E-state index contributed by atoms with van der Waals surface area (Å²) in [5.74, 6) is -0.433. The molecule has 0 spiro atoms. The summed E-state index contributed by atoms with van der Waals surface area (Å²) >= 11 is 0. The van der Waals surface area contributed by atoms with E-state index in [1.165, 1.54) is 0 Å². The van der Waals surface area contributed by atoms with E-state index in [0.29, 0.717) is 5.69 Å². The summed E-state index contributed by atoms with van der Waals surface area (Å²) in [6.45, 7) is 2.61. The number of nitrogens with one attached hydrogen (secondary N) is 1. The molecule has 114 valence electrons. The van der Waals surface area contributed by atoms with E-state index >= 15 is 0 Å². The Bertz CT molecular complexity index is 616. The summed E-state index contributed by atoms with van der Waals surface area (Å²) in [6, 6.07) is 2.59. The van der Waals surface area contributed by atoms with Crippen molar-refractivity contribution in [1.82, 2.24) is 24.9 Å². The zero-order chi connectivity index (χ0) is 15.5. The lowest BCUT2D eigenvalue weighted by molar-refractivity contribution is -0.141. The van der Waals surface area contributed by atoms with Crippen LogP contribution in [-0.4, -0.2) is 25.5 Å². The Kier molecular flexibility index (Phi) is 4.29. The van der Waals surface area contributed by atoms with Gasteiger partial charge in [0.1, 0.15) is 6.54 Å². The van der Waals surface area contributed by atoms with Gasteiger partial charge in [-0.15, -0.1) is 0 Å². The number of alkyl halides is 3. The Balaban J connectivity index is 1.85. The monoisotopic (exact) mass is 301 g/mol. The van der Waals surface area contributed by atoms with Crippen LogP contribution in [0.3, 0.4) is 0 Å². The van der Waals surface area contributed by atoms with Crippen molar-refractivity contribution in [3.63, 3.8) is 0 Å². The molecule has 2 aromatic heterocycles. The number of halogens is 3. The Morgan fingerprint density at radius 2 is 1.95 bits per heavy atom. The molecule has 0 aromatic carbocycles. The predicted octanol–water partition coefficient (Wildman–Crippen LogP) is 1.43. The highest BCUT2D eigenvalue weighted by Crippen LogP contribution is 2.27. The fourth-order valence-corrected chi connectivity index (χ4v) is 1.67. The summed E-state index contributed by atoms with van der Waals surface area (Å²) < 4.78 is 39.7. The molecule has 0 fully saturated rings.